The maximum absolute atomic E-state index is 14.2. The number of rotatable bonds is 4. The Morgan fingerprint density at radius 1 is 0.905 bits per heavy atom. The van der Waals surface area contributed by atoms with Gasteiger partial charge in [-0.25, -0.2) is 14.5 Å². The summed E-state index contributed by atoms with van der Waals surface area (Å²) in [7, 11) is 0. The monoisotopic (exact) mass is 579 g/mol. The van der Waals surface area contributed by atoms with E-state index in [0.29, 0.717) is 15.8 Å². The maximum atomic E-state index is 14.2. The number of aryl methyl sites for hydroxylation is 1. The first-order valence-electron chi connectivity index (χ1n) is 13.0. The van der Waals surface area contributed by atoms with Crippen molar-refractivity contribution in [2.45, 2.75) is 13.1 Å². The Balaban J connectivity index is 1.24. The van der Waals surface area contributed by atoms with Gasteiger partial charge in [0.25, 0.3) is 5.91 Å². The highest BCUT2D eigenvalue weighted by molar-refractivity contribution is 7.21. The molecule has 0 bridgehead atoms. The summed E-state index contributed by atoms with van der Waals surface area (Å²) in [5.41, 5.74) is 2.76. The van der Waals surface area contributed by atoms with Gasteiger partial charge in [0.15, 0.2) is 11.3 Å². The van der Waals surface area contributed by atoms with E-state index in [1.807, 2.05) is 61.5 Å². The number of nitrogens with zero attached hydrogens (tertiary/aromatic N) is 4. The third-order valence-corrected chi connectivity index (χ3v) is 8.07. The van der Waals surface area contributed by atoms with Crippen LogP contribution in [0, 0.1) is 6.92 Å². The molecule has 0 saturated carbocycles. The minimum Gasteiger partial charge on any atom is -0.322 e. The molecule has 6 nitrogen and oxygen atoms in total. The number of halogens is 3. The van der Waals surface area contributed by atoms with Crippen molar-refractivity contribution in [2.24, 2.45) is 0 Å². The largest absolute Gasteiger partial charge is 0.433 e. The summed E-state index contributed by atoms with van der Waals surface area (Å²) in [6, 6.07) is 26.9. The Morgan fingerprint density at radius 2 is 1.69 bits per heavy atom. The van der Waals surface area contributed by atoms with Crippen molar-refractivity contribution in [3.63, 3.8) is 0 Å². The number of hydrogen-bond acceptors (Lipinski definition) is 5. The van der Waals surface area contributed by atoms with E-state index in [0.717, 1.165) is 49.4 Å². The van der Waals surface area contributed by atoms with E-state index in [2.05, 4.69) is 26.4 Å². The Hall–Kier alpha value is -5.09. The standard InChI is InChI=1S/C32H20F3N5OS/c1-18-9-14-25-27(15-18)42-31(39-25)20-10-12-21(13-11-20)37-30(41)24-17-36-40-28(32(33,34)35)16-26(38-29(24)40)23-8-4-6-19-5-2-3-7-22(19)23/h2-17H,1H3,(H,37,41). The number of anilines is 1. The minimum atomic E-state index is -4.73. The number of fused-ring (bicyclic) bond motifs is 3. The van der Waals surface area contributed by atoms with Gasteiger partial charge in [-0.15, -0.1) is 11.3 Å². The molecule has 7 rings (SSSR count). The molecule has 3 aromatic heterocycles. The average Bonchev–Trinajstić information content (AvgIpc) is 3.60. The summed E-state index contributed by atoms with van der Waals surface area (Å²) in [5, 5.41) is 9.12. The molecule has 0 atom stereocenters. The third kappa shape index (κ3) is 4.55. The lowest BCUT2D eigenvalue weighted by Crippen LogP contribution is -2.15. The van der Waals surface area contributed by atoms with E-state index in [1.54, 1.807) is 35.6 Å². The fraction of sp³-hybridized carbons (Fsp3) is 0.0625. The molecule has 0 unspecified atom stereocenters. The number of carbonyl (C=O) groups excluding carboxylic acids is 1. The average molecular weight is 580 g/mol. The fourth-order valence-electron chi connectivity index (χ4n) is 4.96. The lowest BCUT2D eigenvalue weighted by molar-refractivity contribution is -0.142. The van der Waals surface area contributed by atoms with Gasteiger partial charge in [-0.3, -0.25) is 4.79 Å². The van der Waals surface area contributed by atoms with Crippen molar-refractivity contribution < 1.29 is 18.0 Å². The van der Waals surface area contributed by atoms with Gasteiger partial charge in [0.2, 0.25) is 0 Å². The molecule has 206 valence electrons. The van der Waals surface area contributed by atoms with Crippen LogP contribution < -0.4 is 5.32 Å². The molecule has 0 saturated heterocycles. The molecule has 7 aromatic rings. The molecule has 0 spiro atoms. The van der Waals surface area contributed by atoms with E-state index in [4.69, 9.17) is 0 Å². The summed E-state index contributed by atoms with van der Waals surface area (Å²) in [6.45, 7) is 2.03. The molecule has 0 radical (unpaired) electrons. The van der Waals surface area contributed by atoms with E-state index in [9.17, 15) is 18.0 Å². The predicted octanol–water partition coefficient (Wildman–Crippen LogP) is 8.41. The topological polar surface area (TPSA) is 72.2 Å². The number of amides is 1. The quantitative estimate of drug-likeness (QED) is 0.227. The molecule has 0 aliphatic rings. The number of thiazole rings is 1. The predicted molar refractivity (Wildman–Crippen MR) is 159 cm³/mol. The third-order valence-electron chi connectivity index (χ3n) is 7.01. The first-order chi connectivity index (χ1) is 20.2. The molecular formula is C32H20F3N5OS. The number of aromatic nitrogens is 4. The first-order valence-corrected chi connectivity index (χ1v) is 13.8. The fourth-order valence-corrected chi connectivity index (χ4v) is 6.03. The number of carbonyl (C=O) groups is 1. The van der Waals surface area contributed by atoms with Crippen LogP contribution in [0.3, 0.4) is 0 Å². The highest BCUT2D eigenvalue weighted by atomic mass is 32.1. The Labute approximate surface area is 241 Å². The lowest BCUT2D eigenvalue weighted by atomic mass is 10.0. The zero-order valence-electron chi connectivity index (χ0n) is 22.0. The van der Waals surface area contributed by atoms with Gasteiger partial charge < -0.3 is 5.32 Å². The number of nitrogens with one attached hydrogen (secondary N) is 1. The molecule has 0 aliphatic carbocycles. The van der Waals surface area contributed by atoms with Crippen molar-refractivity contribution in [1.29, 1.82) is 0 Å². The van der Waals surface area contributed by atoms with Gasteiger partial charge in [-0.2, -0.15) is 18.3 Å². The van der Waals surface area contributed by atoms with Gasteiger partial charge in [0.1, 0.15) is 10.6 Å². The number of benzene rings is 4. The second-order valence-electron chi connectivity index (χ2n) is 9.87. The van der Waals surface area contributed by atoms with E-state index >= 15 is 0 Å². The normalized spacial score (nSPS) is 11.9. The summed E-state index contributed by atoms with van der Waals surface area (Å²) in [6.07, 6.45) is -3.62. The zero-order valence-corrected chi connectivity index (χ0v) is 22.8. The van der Waals surface area contributed by atoms with Gasteiger partial charge in [-0.05, 0) is 65.7 Å². The van der Waals surface area contributed by atoms with Crippen molar-refractivity contribution in [3.8, 4) is 21.8 Å². The van der Waals surface area contributed by atoms with Crippen LogP contribution in [-0.2, 0) is 6.18 Å². The second kappa shape index (κ2) is 9.78. The zero-order chi connectivity index (χ0) is 29.0. The van der Waals surface area contributed by atoms with Crippen LogP contribution in [0.4, 0.5) is 18.9 Å². The summed E-state index contributed by atoms with van der Waals surface area (Å²) in [5.74, 6) is -0.621. The summed E-state index contributed by atoms with van der Waals surface area (Å²) >= 11 is 1.58. The van der Waals surface area contributed by atoms with Crippen LogP contribution in [0.5, 0.6) is 0 Å². The summed E-state index contributed by atoms with van der Waals surface area (Å²) < 4.78 is 44.2. The summed E-state index contributed by atoms with van der Waals surface area (Å²) in [4.78, 5) is 22.5. The van der Waals surface area contributed by atoms with Crippen molar-refractivity contribution in [3.05, 3.63) is 114 Å². The van der Waals surface area contributed by atoms with Crippen LogP contribution in [0.25, 0.3) is 48.5 Å². The molecule has 1 N–H and O–H groups in total. The highest BCUT2D eigenvalue weighted by Gasteiger charge is 2.36. The molecule has 3 heterocycles. The van der Waals surface area contributed by atoms with Crippen LogP contribution >= 0.6 is 11.3 Å². The van der Waals surface area contributed by atoms with Crippen LogP contribution in [-0.4, -0.2) is 25.5 Å². The smallest absolute Gasteiger partial charge is 0.322 e. The maximum Gasteiger partial charge on any atom is 0.433 e. The van der Waals surface area contributed by atoms with Crippen molar-refractivity contribution >= 4 is 49.6 Å². The van der Waals surface area contributed by atoms with E-state index in [1.165, 1.54) is 0 Å². The van der Waals surface area contributed by atoms with Crippen LogP contribution in [0.15, 0.2) is 97.2 Å². The molecule has 0 aliphatic heterocycles. The molecule has 1 amide bonds. The van der Waals surface area contributed by atoms with E-state index in [-0.39, 0.29) is 16.9 Å². The van der Waals surface area contributed by atoms with Gasteiger partial charge in [0, 0.05) is 16.8 Å². The Kier molecular flexibility index (Phi) is 6.02. The molecule has 4 aromatic carbocycles. The second-order valence-corrected chi connectivity index (χ2v) is 10.9. The van der Waals surface area contributed by atoms with Crippen LogP contribution in [0.2, 0.25) is 0 Å². The van der Waals surface area contributed by atoms with Crippen LogP contribution in [0.1, 0.15) is 21.6 Å². The molecule has 42 heavy (non-hydrogen) atoms. The Bertz CT molecular complexity index is 2140. The van der Waals surface area contributed by atoms with Crippen molar-refractivity contribution in [2.75, 3.05) is 5.32 Å². The Morgan fingerprint density at radius 3 is 2.50 bits per heavy atom. The highest BCUT2D eigenvalue weighted by Crippen LogP contribution is 2.35. The van der Waals surface area contributed by atoms with Gasteiger partial charge in [0.05, 0.1) is 22.1 Å². The minimum absolute atomic E-state index is 0.0757. The SMILES string of the molecule is Cc1ccc2nc(-c3ccc(NC(=O)c4cnn5c(C(F)(F)F)cc(-c6cccc7ccccc67)nc45)cc3)sc2c1. The first kappa shape index (κ1) is 25.8. The molecule has 0 fully saturated rings. The number of alkyl halides is 3. The lowest BCUT2D eigenvalue weighted by Gasteiger charge is -2.13. The van der Waals surface area contributed by atoms with Crippen molar-refractivity contribution in [1.82, 2.24) is 19.6 Å². The van der Waals surface area contributed by atoms with E-state index < -0.39 is 17.8 Å². The molecule has 10 heteroatoms. The van der Waals surface area contributed by atoms with Gasteiger partial charge in [-0.1, -0.05) is 48.5 Å². The molecular weight excluding hydrogens is 559 g/mol. The number of hydrogen-bond donors (Lipinski definition) is 1. The van der Waals surface area contributed by atoms with Gasteiger partial charge >= 0.3 is 6.18 Å².